The highest BCUT2D eigenvalue weighted by atomic mass is 16.3. The molecule has 0 unspecified atom stereocenters. The Morgan fingerprint density at radius 1 is 1.40 bits per heavy atom. The number of aromatic nitrogens is 1. The van der Waals surface area contributed by atoms with E-state index < -0.39 is 6.10 Å². The summed E-state index contributed by atoms with van der Waals surface area (Å²) in [4.78, 5) is 4.28. The van der Waals surface area contributed by atoms with Gasteiger partial charge < -0.3 is 10.4 Å². The van der Waals surface area contributed by atoms with Crippen molar-refractivity contribution < 1.29 is 5.11 Å². The maximum Gasteiger partial charge on any atom is 0.108 e. The third kappa shape index (κ3) is 4.40. The minimum atomic E-state index is -0.538. The Kier molecular flexibility index (Phi) is 3.83. The Morgan fingerprint density at radius 2 is 2.07 bits per heavy atom. The van der Waals surface area contributed by atoms with Crippen molar-refractivity contribution in [2.75, 3.05) is 6.54 Å². The molecule has 0 aliphatic rings. The van der Waals surface area contributed by atoms with Gasteiger partial charge in [-0.15, -0.1) is 0 Å². The summed E-state index contributed by atoms with van der Waals surface area (Å²) in [6, 6.07) is 5.69. The SMILES string of the molecule is Cc1cccc([C@H](O)CNC(C)(C)C)n1. The van der Waals surface area contributed by atoms with E-state index in [1.54, 1.807) is 0 Å². The summed E-state index contributed by atoms with van der Waals surface area (Å²) in [5.74, 6) is 0. The Labute approximate surface area is 91.5 Å². The zero-order valence-electron chi connectivity index (χ0n) is 9.91. The van der Waals surface area contributed by atoms with Gasteiger partial charge in [-0.3, -0.25) is 4.98 Å². The lowest BCUT2D eigenvalue weighted by Gasteiger charge is -2.22. The molecule has 1 atom stereocenters. The van der Waals surface area contributed by atoms with Gasteiger partial charge in [0.05, 0.1) is 5.69 Å². The van der Waals surface area contributed by atoms with Crippen LogP contribution in [0.2, 0.25) is 0 Å². The van der Waals surface area contributed by atoms with Crippen LogP contribution in [0.15, 0.2) is 18.2 Å². The molecule has 0 saturated heterocycles. The summed E-state index contributed by atoms with van der Waals surface area (Å²) in [6.45, 7) is 8.67. The molecule has 3 heteroatoms. The van der Waals surface area contributed by atoms with Gasteiger partial charge in [0.2, 0.25) is 0 Å². The Balaban J connectivity index is 2.58. The van der Waals surface area contributed by atoms with Crippen molar-refractivity contribution in [1.82, 2.24) is 10.3 Å². The van der Waals surface area contributed by atoms with Crippen LogP contribution < -0.4 is 5.32 Å². The highest BCUT2D eigenvalue weighted by molar-refractivity contribution is 5.12. The van der Waals surface area contributed by atoms with E-state index in [4.69, 9.17) is 0 Å². The maximum absolute atomic E-state index is 9.88. The van der Waals surface area contributed by atoms with E-state index in [1.165, 1.54) is 0 Å². The number of hydrogen-bond acceptors (Lipinski definition) is 3. The van der Waals surface area contributed by atoms with Gasteiger partial charge in [-0.05, 0) is 39.8 Å². The fourth-order valence-corrected chi connectivity index (χ4v) is 1.26. The van der Waals surface area contributed by atoms with Crippen LogP contribution in [0.4, 0.5) is 0 Å². The first-order chi connectivity index (χ1) is 6.88. The highest BCUT2D eigenvalue weighted by Crippen LogP contribution is 2.10. The van der Waals surface area contributed by atoms with E-state index in [9.17, 15) is 5.11 Å². The molecule has 84 valence electrons. The second-order valence-corrected chi connectivity index (χ2v) is 4.85. The molecule has 0 fully saturated rings. The number of pyridine rings is 1. The van der Waals surface area contributed by atoms with Crippen molar-refractivity contribution in [3.8, 4) is 0 Å². The van der Waals surface area contributed by atoms with Crippen LogP contribution in [-0.4, -0.2) is 22.2 Å². The molecule has 0 aromatic carbocycles. The molecule has 0 aliphatic carbocycles. The molecule has 0 spiro atoms. The summed E-state index contributed by atoms with van der Waals surface area (Å²) in [6.07, 6.45) is -0.538. The van der Waals surface area contributed by atoms with E-state index in [0.29, 0.717) is 6.54 Å². The predicted octanol–water partition coefficient (Wildman–Crippen LogP) is 1.81. The quantitative estimate of drug-likeness (QED) is 0.796. The maximum atomic E-state index is 9.88. The number of nitrogens with zero attached hydrogens (tertiary/aromatic N) is 1. The van der Waals surface area contributed by atoms with E-state index in [2.05, 4.69) is 31.1 Å². The van der Waals surface area contributed by atoms with E-state index in [1.807, 2.05) is 25.1 Å². The van der Waals surface area contributed by atoms with Gasteiger partial charge in [0.1, 0.15) is 6.10 Å². The normalized spacial score (nSPS) is 13.9. The van der Waals surface area contributed by atoms with E-state index in [-0.39, 0.29) is 5.54 Å². The van der Waals surface area contributed by atoms with Crippen molar-refractivity contribution in [1.29, 1.82) is 0 Å². The zero-order chi connectivity index (χ0) is 11.5. The molecular formula is C12H20N2O. The van der Waals surface area contributed by atoms with Crippen LogP contribution in [0.25, 0.3) is 0 Å². The van der Waals surface area contributed by atoms with Crippen molar-refractivity contribution in [3.63, 3.8) is 0 Å². The topological polar surface area (TPSA) is 45.1 Å². The van der Waals surface area contributed by atoms with Crippen LogP contribution >= 0.6 is 0 Å². The van der Waals surface area contributed by atoms with Crippen molar-refractivity contribution in [2.24, 2.45) is 0 Å². The molecule has 1 aromatic rings. The molecule has 3 nitrogen and oxygen atoms in total. The number of β-amino-alcohol motifs (C(OH)–C–C–N with tert-alkyl or cyclic N) is 1. The van der Waals surface area contributed by atoms with Crippen LogP contribution in [0.5, 0.6) is 0 Å². The molecular weight excluding hydrogens is 188 g/mol. The summed E-state index contributed by atoms with van der Waals surface area (Å²) < 4.78 is 0. The summed E-state index contributed by atoms with van der Waals surface area (Å²) in [5.41, 5.74) is 1.68. The fourth-order valence-electron chi connectivity index (χ4n) is 1.26. The molecule has 0 amide bonds. The second kappa shape index (κ2) is 4.73. The number of aliphatic hydroxyl groups is 1. The first-order valence-corrected chi connectivity index (χ1v) is 5.25. The van der Waals surface area contributed by atoms with Gasteiger partial charge in [-0.2, -0.15) is 0 Å². The molecule has 2 N–H and O–H groups in total. The molecule has 0 bridgehead atoms. The molecule has 1 rings (SSSR count). The van der Waals surface area contributed by atoms with Gasteiger partial charge in [0.15, 0.2) is 0 Å². The lowest BCUT2D eigenvalue weighted by atomic mass is 10.1. The monoisotopic (exact) mass is 208 g/mol. The molecule has 0 saturated carbocycles. The van der Waals surface area contributed by atoms with Crippen LogP contribution in [0, 0.1) is 6.92 Å². The van der Waals surface area contributed by atoms with Crippen molar-refractivity contribution >= 4 is 0 Å². The Morgan fingerprint density at radius 3 is 2.60 bits per heavy atom. The molecule has 0 radical (unpaired) electrons. The average Bonchev–Trinajstić information content (AvgIpc) is 2.13. The van der Waals surface area contributed by atoms with E-state index in [0.717, 1.165) is 11.4 Å². The van der Waals surface area contributed by atoms with Crippen molar-refractivity contribution in [2.45, 2.75) is 39.3 Å². The van der Waals surface area contributed by atoms with Gasteiger partial charge >= 0.3 is 0 Å². The first-order valence-electron chi connectivity index (χ1n) is 5.25. The number of hydrogen-bond donors (Lipinski definition) is 2. The molecule has 1 aromatic heterocycles. The number of rotatable bonds is 3. The standard InChI is InChI=1S/C12H20N2O/c1-9-6-5-7-10(14-9)11(15)8-13-12(2,3)4/h5-7,11,13,15H,8H2,1-4H3/t11-/m1/s1. The number of aryl methyl sites for hydroxylation is 1. The van der Waals surface area contributed by atoms with E-state index >= 15 is 0 Å². The molecule has 15 heavy (non-hydrogen) atoms. The number of nitrogens with one attached hydrogen (secondary N) is 1. The number of aliphatic hydroxyl groups excluding tert-OH is 1. The lowest BCUT2D eigenvalue weighted by molar-refractivity contribution is 0.159. The zero-order valence-corrected chi connectivity index (χ0v) is 9.91. The summed E-state index contributed by atoms with van der Waals surface area (Å²) in [7, 11) is 0. The van der Waals surface area contributed by atoms with Crippen LogP contribution in [-0.2, 0) is 0 Å². The Bertz CT molecular complexity index is 318. The smallest absolute Gasteiger partial charge is 0.108 e. The van der Waals surface area contributed by atoms with Gasteiger partial charge in [0, 0.05) is 17.8 Å². The van der Waals surface area contributed by atoms with Gasteiger partial charge in [-0.1, -0.05) is 6.07 Å². The van der Waals surface area contributed by atoms with Crippen LogP contribution in [0.1, 0.15) is 38.3 Å². The predicted molar refractivity (Wildman–Crippen MR) is 61.7 cm³/mol. The lowest BCUT2D eigenvalue weighted by Crippen LogP contribution is -2.38. The first kappa shape index (κ1) is 12.1. The Hall–Kier alpha value is -0.930. The summed E-state index contributed by atoms with van der Waals surface area (Å²) in [5, 5.41) is 13.1. The third-order valence-corrected chi connectivity index (χ3v) is 2.08. The van der Waals surface area contributed by atoms with Gasteiger partial charge in [-0.25, -0.2) is 0 Å². The molecule has 1 heterocycles. The highest BCUT2D eigenvalue weighted by Gasteiger charge is 2.14. The van der Waals surface area contributed by atoms with Gasteiger partial charge in [0.25, 0.3) is 0 Å². The minimum Gasteiger partial charge on any atom is -0.385 e. The second-order valence-electron chi connectivity index (χ2n) is 4.85. The third-order valence-electron chi connectivity index (χ3n) is 2.08. The minimum absolute atomic E-state index is 0.0187. The summed E-state index contributed by atoms with van der Waals surface area (Å²) >= 11 is 0. The largest absolute Gasteiger partial charge is 0.385 e. The average molecular weight is 208 g/mol. The fraction of sp³-hybridized carbons (Fsp3) is 0.583. The van der Waals surface area contributed by atoms with Crippen molar-refractivity contribution in [3.05, 3.63) is 29.6 Å². The molecule has 0 aliphatic heterocycles. The van der Waals surface area contributed by atoms with Crippen LogP contribution in [0.3, 0.4) is 0 Å².